The molecule has 16 heavy (non-hydrogen) atoms. The molecule has 0 aliphatic heterocycles. The first-order valence-corrected chi connectivity index (χ1v) is 5.73. The van der Waals surface area contributed by atoms with Crippen LogP contribution < -0.4 is 5.32 Å². The summed E-state index contributed by atoms with van der Waals surface area (Å²) < 4.78 is 26.0. The van der Waals surface area contributed by atoms with Crippen LogP contribution in [-0.4, -0.2) is 11.4 Å². The van der Waals surface area contributed by atoms with Gasteiger partial charge in [0.15, 0.2) is 0 Å². The largest absolute Gasteiger partial charge is 0.308 e. The van der Waals surface area contributed by atoms with Crippen molar-refractivity contribution in [2.75, 3.05) is 5.88 Å². The summed E-state index contributed by atoms with van der Waals surface area (Å²) in [6.45, 7) is 4.36. The molecular formula is C12H16ClF2N. The Balaban J connectivity index is 2.61. The highest BCUT2D eigenvalue weighted by Crippen LogP contribution is 2.13. The Labute approximate surface area is 99.8 Å². The van der Waals surface area contributed by atoms with Gasteiger partial charge in [-0.1, -0.05) is 6.07 Å². The summed E-state index contributed by atoms with van der Waals surface area (Å²) in [4.78, 5) is 0. The first-order chi connectivity index (χ1) is 7.44. The number of benzene rings is 1. The summed E-state index contributed by atoms with van der Waals surface area (Å²) in [7, 11) is 0. The number of rotatable bonds is 5. The Kier molecular flexibility index (Phi) is 4.69. The van der Waals surface area contributed by atoms with Gasteiger partial charge >= 0.3 is 0 Å². The second kappa shape index (κ2) is 5.60. The molecule has 0 bridgehead atoms. The lowest BCUT2D eigenvalue weighted by atomic mass is 10.0. The van der Waals surface area contributed by atoms with Crippen molar-refractivity contribution in [1.82, 2.24) is 5.32 Å². The molecule has 1 nitrogen and oxygen atoms in total. The molecule has 0 saturated heterocycles. The van der Waals surface area contributed by atoms with Crippen LogP contribution in [0.2, 0.25) is 0 Å². The van der Waals surface area contributed by atoms with Gasteiger partial charge in [-0.2, -0.15) is 0 Å². The van der Waals surface area contributed by atoms with Crippen LogP contribution in [0.3, 0.4) is 0 Å². The van der Waals surface area contributed by atoms with Crippen LogP contribution in [0.5, 0.6) is 0 Å². The number of nitrogens with one attached hydrogen (secondary N) is 1. The van der Waals surface area contributed by atoms with Gasteiger partial charge in [-0.15, -0.1) is 11.6 Å². The lowest BCUT2D eigenvalue weighted by Gasteiger charge is -2.25. The molecule has 0 aliphatic rings. The summed E-state index contributed by atoms with van der Waals surface area (Å²) in [6.07, 6.45) is 0.789. The van der Waals surface area contributed by atoms with E-state index in [-0.39, 0.29) is 5.54 Å². The predicted molar refractivity (Wildman–Crippen MR) is 62.6 cm³/mol. The van der Waals surface area contributed by atoms with Gasteiger partial charge in [0.2, 0.25) is 0 Å². The van der Waals surface area contributed by atoms with Crippen molar-refractivity contribution in [3.8, 4) is 0 Å². The minimum absolute atomic E-state index is 0.150. The van der Waals surface area contributed by atoms with Crippen LogP contribution in [0.15, 0.2) is 18.2 Å². The molecule has 0 fully saturated rings. The summed E-state index contributed by atoms with van der Waals surface area (Å²) in [5.74, 6) is -0.526. The van der Waals surface area contributed by atoms with Crippen LogP contribution >= 0.6 is 11.6 Å². The van der Waals surface area contributed by atoms with Gasteiger partial charge in [0.25, 0.3) is 0 Å². The van der Waals surface area contributed by atoms with Gasteiger partial charge in [0.1, 0.15) is 11.6 Å². The van der Waals surface area contributed by atoms with Crippen molar-refractivity contribution >= 4 is 11.6 Å². The van der Waals surface area contributed by atoms with E-state index >= 15 is 0 Å². The minimum Gasteiger partial charge on any atom is -0.308 e. The Morgan fingerprint density at radius 2 is 2.00 bits per heavy atom. The highest BCUT2D eigenvalue weighted by Gasteiger charge is 2.16. The van der Waals surface area contributed by atoms with Crippen LogP contribution in [0, 0.1) is 11.6 Å². The lowest BCUT2D eigenvalue weighted by Crippen LogP contribution is -2.39. The molecule has 0 aromatic heterocycles. The smallest absolute Gasteiger partial charge is 0.130 e. The molecule has 0 aliphatic carbocycles. The highest BCUT2D eigenvalue weighted by atomic mass is 35.5. The number of hydrogen-bond donors (Lipinski definition) is 1. The first kappa shape index (κ1) is 13.4. The molecule has 0 saturated carbocycles. The average molecular weight is 248 g/mol. The molecule has 0 unspecified atom stereocenters. The molecule has 0 amide bonds. The van der Waals surface area contributed by atoms with E-state index in [0.29, 0.717) is 18.0 Å². The molecule has 1 aromatic rings. The van der Waals surface area contributed by atoms with E-state index in [0.717, 1.165) is 12.5 Å². The van der Waals surface area contributed by atoms with E-state index in [1.807, 2.05) is 13.8 Å². The van der Waals surface area contributed by atoms with Gasteiger partial charge in [0, 0.05) is 29.6 Å². The van der Waals surface area contributed by atoms with Crippen LogP contribution in [0.25, 0.3) is 0 Å². The third-order valence-corrected chi connectivity index (χ3v) is 2.68. The summed E-state index contributed by atoms with van der Waals surface area (Å²) in [5.41, 5.74) is 0.312. The maximum Gasteiger partial charge on any atom is 0.130 e. The predicted octanol–water partition coefficient (Wildman–Crippen LogP) is 3.46. The highest BCUT2D eigenvalue weighted by molar-refractivity contribution is 6.17. The molecule has 1 aromatic carbocycles. The Morgan fingerprint density at radius 1 is 1.31 bits per heavy atom. The van der Waals surface area contributed by atoms with Crippen molar-refractivity contribution in [2.24, 2.45) is 0 Å². The van der Waals surface area contributed by atoms with E-state index in [1.165, 1.54) is 12.1 Å². The van der Waals surface area contributed by atoms with Crippen LogP contribution in [-0.2, 0) is 6.54 Å². The topological polar surface area (TPSA) is 12.0 Å². The van der Waals surface area contributed by atoms with Crippen molar-refractivity contribution in [3.63, 3.8) is 0 Å². The van der Waals surface area contributed by atoms with Gasteiger partial charge in [-0.25, -0.2) is 8.78 Å². The maximum atomic E-state index is 13.3. The average Bonchev–Trinajstić information content (AvgIpc) is 2.16. The van der Waals surface area contributed by atoms with Gasteiger partial charge in [-0.3, -0.25) is 0 Å². The normalized spacial score (nSPS) is 11.8. The fourth-order valence-electron chi connectivity index (χ4n) is 1.32. The lowest BCUT2D eigenvalue weighted by molar-refractivity contribution is 0.372. The van der Waals surface area contributed by atoms with E-state index < -0.39 is 11.6 Å². The molecule has 4 heteroatoms. The van der Waals surface area contributed by atoms with E-state index in [4.69, 9.17) is 11.6 Å². The fourth-order valence-corrected chi connectivity index (χ4v) is 1.80. The van der Waals surface area contributed by atoms with Crippen LogP contribution in [0.1, 0.15) is 25.8 Å². The molecule has 1 rings (SSSR count). The van der Waals surface area contributed by atoms with Crippen molar-refractivity contribution in [3.05, 3.63) is 35.4 Å². The zero-order chi connectivity index (χ0) is 12.2. The maximum absolute atomic E-state index is 13.3. The zero-order valence-electron chi connectivity index (χ0n) is 9.49. The molecule has 0 atom stereocenters. The molecule has 90 valence electrons. The Hall–Kier alpha value is -0.670. The molecule has 1 N–H and O–H groups in total. The quantitative estimate of drug-likeness (QED) is 0.786. The number of halogens is 3. The first-order valence-electron chi connectivity index (χ1n) is 5.19. The Morgan fingerprint density at radius 3 is 2.56 bits per heavy atom. The second-order valence-electron chi connectivity index (χ2n) is 4.41. The molecular weight excluding hydrogens is 232 g/mol. The number of alkyl halides is 1. The molecule has 0 heterocycles. The standard InChI is InChI=1S/C12H16ClF2N/c1-12(2,5-6-13)16-8-9-3-4-10(14)7-11(9)15/h3-4,7,16H,5-6,8H2,1-2H3. The Bertz CT molecular complexity index is 353. The van der Waals surface area contributed by atoms with E-state index in [1.54, 1.807) is 0 Å². The van der Waals surface area contributed by atoms with Gasteiger partial charge < -0.3 is 5.32 Å². The van der Waals surface area contributed by atoms with Crippen LogP contribution in [0.4, 0.5) is 8.78 Å². The van der Waals surface area contributed by atoms with E-state index in [9.17, 15) is 8.78 Å². The van der Waals surface area contributed by atoms with Gasteiger partial charge in [-0.05, 0) is 26.3 Å². The summed E-state index contributed by atoms with van der Waals surface area (Å²) in [6, 6.07) is 3.61. The molecule has 0 spiro atoms. The SMILES string of the molecule is CC(C)(CCCl)NCc1ccc(F)cc1F. The second-order valence-corrected chi connectivity index (χ2v) is 4.79. The fraction of sp³-hybridized carbons (Fsp3) is 0.500. The van der Waals surface area contributed by atoms with Crippen molar-refractivity contribution in [2.45, 2.75) is 32.4 Å². The summed E-state index contributed by atoms with van der Waals surface area (Å²) >= 11 is 5.66. The van der Waals surface area contributed by atoms with E-state index in [2.05, 4.69) is 5.32 Å². The minimum atomic E-state index is -0.554. The zero-order valence-corrected chi connectivity index (χ0v) is 10.2. The van der Waals surface area contributed by atoms with Gasteiger partial charge in [0.05, 0.1) is 0 Å². The third kappa shape index (κ3) is 4.06. The van der Waals surface area contributed by atoms with Crippen molar-refractivity contribution in [1.29, 1.82) is 0 Å². The third-order valence-electron chi connectivity index (χ3n) is 2.49. The monoisotopic (exact) mass is 247 g/mol. The summed E-state index contributed by atoms with van der Waals surface area (Å²) in [5, 5.41) is 3.19. The number of hydrogen-bond acceptors (Lipinski definition) is 1. The molecule has 0 radical (unpaired) electrons. The van der Waals surface area contributed by atoms with Crippen molar-refractivity contribution < 1.29 is 8.78 Å².